The zero-order valence-corrected chi connectivity index (χ0v) is 91.0. The Morgan fingerprint density at radius 1 is 0.229 bits per heavy atom. The van der Waals surface area contributed by atoms with Crippen molar-refractivity contribution in [3.8, 4) is 28.7 Å². The molecule has 5 atom stereocenters. The van der Waals surface area contributed by atoms with Crippen molar-refractivity contribution in [2.75, 3.05) is 69.5 Å². The molecule has 0 aliphatic heterocycles. The highest BCUT2D eigenvalue weighted by atomic mass is 31.1. The standard InChI is InChI=1S/C27H42NO2P.C22H32NO2P.2C21H30NO2P.C20H28NO2P/c1-25(2,3)20-15-21(26(4,5)6)24(30-18-29-10)23(16-20)31-22-14-12-11-13-19(22)17-28-27(7,8)9;1-15-8-9-19(18(11-15)13-23-22(4,5)6)26-20-12-16(2)10-17(3)21(20)25-14-24-7;1-15-8-10-19(17(11-15)13-22-21(3,4)5)25-20-12-16(2)7-9-18(20)24-14-23-6;1-15-10-11-18(17(12-15)13-22-21(3,4)5)25-19-9-7-8-16(2)20(19)24-14-23-6;1-15-10-11-18(16(12-15)13-21-20(2,3)4)24-19-9-7-6-8-17(19)23-14-22-5/h11-16,28,31H,17-18H2,1-10H3;8-12,23,26H,13-14H2,1-7H3;2*7-12,22,25H,13-14H2,1-6H3;6-12,21,24H,13-14H2,1-5H3. The van der Waals surface area contributed by atoms with Crippen molar-refractivity contribution in [3.63, 3.8) is 0 Å². The van der Waals surface area contributed by atoms with Crippen LogP contribution >= 0.6 is 42.9 Å². The van der Waals surface area contributed by atoms with Crippen molar-refractivity contribution < 1.29 is 47.4 Å². The summed E-state index contributed by atoms with van der Waals surface area (Å²) in [4.78, 5) is 0. The predicted molar refractivity (Wildman–Crippen MR) is 573 cm³/mol. The lowest BCUT2D eigenvalue weighted by atomic mass is 9.80. The molecule has 5 N–H and O–H groups in total. The van der Waals surface area contributed by atoms with Gasteiger partial charge >= 0.3 is 0 Å². The molecule has 0 aromatic heterocycles. The van der Waals surface area contributed by atoms with Gasteiger partial charge in [0.25, 0.3) is 0 Å². The van der Waals surface area contributed by atoms with E-state index in [1.807, 2.05) is 18.2 Å². The van der Waals surface area contributed by atoms with Gasteiger partial charge < -0.3 is 74.0 Å². The van der Waals surface area contributed by atoms with Crippen LogP contribution in [-0.4, -0.2) is 97.2 Å². The smallest absolute Gasteiger partial charge is 0.188 e. The van der Waals surface area contributed by atoms with Crippen LogP contribution in [0.15, 0.2) is 182 Å². The number of rotatable bonds is 35. The van der Waals surface area contributed by atoms with Crippen LogP contribution in [-0.2, 0) is 67.2 Å². The zero-order valence-electron chi connectivity index (χ0n) is 86.0. The molecule has 0 saturated carbocycles. The Morgan fingerprint density at radius 2 is 0.534 bits per heavy atom. The third-order valence-electron chi connectivity index (χ3n) is 20.5. The average molecular weight is 1880 g/mol. The summed E-state index contributed by atoms with van der Waals surface area (Å²) in [6, 6.07) is 65.5. The fourth-order valence-corrected chi connectivity index (χ4v) is 20.2. The summed E-state index contributed by atoms with van der Waals surface area (Å²) in [6.07, 6.45) is 0. The first-order valence-corrected chi connectivity index (χ1v) is 50.6. The molecule has 10 rings (SSSR count). The molecule has 10 aromatic carbocycles. The lowest BCUT2D eigenvalue weighted by Crippen LogP contribution is -2.36. The van der Waals surface area contributed by atoms with Crippen molar-refractivity contribution in [1.82, 2.24) is 26.6 Å². The third-order valence-corrected chi connectivity index (χ3v) is 27.6. The second kappa shape index (κ2) is 53.5. The summed E-state index contributed by atoms with van der Waals surface area (Å²) in [6.45, 7) is 69.2. The summed E-state index contributed by atoms with van der Waals surface area (Å²) < 4.78 is 55.0. The highest BCUT2D eigenvalue weighted by Crippen LogP contribution is 2.39. The van der Waals surface area contributed by atoms with Gasteiger partial charge in [-0.3, -0.25) is 0 Å². The lowest BCUT2D eigenvalue weighted by Gasteiger charge is -2.29. The zero-order chi connectivity index (χ0) is 97.2. The molecule has 0 saturated heterocycles. The Bertz CT molecular complexity index is 5110. The number of para-hydroxylation sites is 2. The Labute approximate surface area is 800 Å². The van der Waals surface area contributed by atoms with Crippen LogP contribution in [0.3, 0.4) is 0 Å². The first-order chi connectivity index (χ1) is 61.4. The van der Waals surface area contributed by atoms with E-state index in [9.17, 15) is 0 Å². The van der Waals surface area contributed by atoms with Crippen molar-refractivity contribution in [2.45, 2.75) is 272 Å². The monoisotopic (exact) mass is 1880 g/mol. The second-order valence-corrected chi connectivity index (χ2v) is 47.6. The molecule has 0 amide bonds. The van der Waals surface area contributed by atoms with Crippen LogP contribution in [0.4, 0.5) is 0 Å². The normalized spacial score (nSPS) is 12.4. The second-order valence-electron chi connectivity index (χ2n) is 41.0. The first kappa shape index (κ1) is 113. The van der Waals surface area contributed by atoms with Crippen LogP contribution in [0.5, 0.6) is 28.7 Å². The quantitative estimate of drug-likeness (QED) is 0.0189. The molecular formula is C111H162N5O10P5. The minimum absolute atomic E-state index is 0.0309. The van der Waals surface area contributed by atoms with Gasteiger partial charge in [-0.05, 0) is 277 Å². The minimum atomic E-state index is -0.0309. The highest BCUT2D eigenvalue weighted by Gasteiger charge is 2.28. The molecule has 0 bridgehead atoms. The van der Waals surface area contributed by atoms with E-state index in [2.05, 4.69) is 391 Å². The van der Waals surface area contributed by atoms with Gasteiger partial charge in [-0.2, -0.15) is 0 Å². The maximum absolute atomic E-state index is 6.21. The molecule has 20 heteroatoms. The molecule has 716 valence electrons. The molecular weight excluding hydrogens is 1720 g/mol. The van der Waals surface area contributed by atoms with Crippen molar-refractivity contribution in [1.29, 1.82) is 0 Å². The highest BCUT2D eigenvalue weighted by molar-refractivity contribution is 7.57. The van der Waals surface area contributed by atoms with Gasteiger partial charge in [0.15, 0.2) is 34.0 Å². The molecule has 15 nitrogen and oxygen atoms in total. The molecule has 0 fully saturated rings. The fraction of sp³-hybridized carbons (Fsp3) is 0.459. The molecule has 0 spiro atoms. The van der Waals surface area contributed by atoms with Crippen molar-refractivity contribution in [2.24, 2.45) is 0 Å². The van der Waals surface area contributed by atoms with Crippen molar-refractivity contribution >= 4 is 95.9 Å². The number of nitrogens with one attached hydrogen (secondary N) is 5. The Balaban J connectivity index is 0.000000253. The Kier molecular flexibility index (Phi) is 46.0. The summed E-state index contributed by atoms with van der Waals surface area (Å²) in [5.41, 5.74) is 19.8. The molecule has 5 unspecified atom stereocenters. The van der Waals surface area contributed by atoms with Crippen LogP contribution in [0, 0.1) is 55.4 Å². The van der Waals surface area contributed by atoms with E-state index in [0.717, 1.165) is 72.6 Å². The fourth-order valence-electron chi connectivity index (χ4n) is 13.5. The Morgan fingerprint density at radius 3 is 0.939 bits per heavy atom. The molecule has 131 heavy (non-hydrogen) atoms. The van der Waals surface area contributed by atoms with Gasteiger partial charge in [-0.15, -0.1) is 0 Å². The number of hydrogen-bond donors (Lipinski definition) is 5. The summed E-state index contributed by atoms with van der Waals surface area (Å²) >= 11 is 0. The maximum Gasteiger partial charge on any atom is 0.188 e. The van der Waals surface area contributed by atoms with Crippen LogP contribution < -0.4 is 103 Å². The average Bonchev–Trinajstić information content (AvgIpc) is 0.772. The molecule has 0 aliphatic carbocycles. The van der Waals surface area contributed by atoms with Crippen LogP contribution in [0.2, 0.25) is 0 Å². The van der Waals surface area contributed by atoms with E-state index >= 15 is 0 Å². The van der Waals surface area contributed by atoms with Crippen LogP contribution in [0.25, 0.3) is 0 Å². The SMILES string of the molecule is COCOc1c(C)cc(C)cc1Pc1ccc(C)cc1CNC(C)(C)C.COCOc1c(C)cccc1Pc1ccc(C)cc1CNC(C)(C)C.COCOc1c(Pc2ccccc2CNC(C)(C)C)cc(C(C)(C)C)cc1C(C)(C)C.COCOc1ccc(C)cc1Pc1ccc(C)cc1CNC(C)(C)C.COCOc1ccccc1Pc1ccc(C)cc1CNC(C)(C)C. The molecule has 0 aliphatic rings. The van der Waals surface area contributed by atoms with Gasteiger partial charge in [-0.1, -0.05) is 264 Å². The number of benzene rings is 10. The molecule has 0 heterocycles. The molecule has 0 radical (unpaired) electrons. The lowest BCUT2D eigenvalue weighted by molar-refractivity contribution is 0.0505. The summed E-state index contributed by atoms with van der Waals surface area (Å²) in [5, 5.41) is 31.0. The minimum Gasteiger partial charge on any atom is -0.467 e. The van der Waals surface area contributed by atoms with E-state index in [0.29, 0.717) is 42.9 Å². The van der Waals surface area contributed by atoms with Gasteiger partial charge in [0.05, 0.1) is 0 Å². The maximum atomic E-state index is 6.21. The number of ether oxygens (including phenoxy) is 10. The summed E-state index contributed by atoms with van der Waals surface area (Å²) in [7, 11) is 11.0. The molecule has 10 aromatic rings. The van der Waals surface area contributed by atoms with Gasteiger partial charge in [0.2, 0.25) is 0 Å². The summed E-state index contributed by atoms with van der Waals surface area (Å²) in [5.74, 6) is 4.66. The Hall–Kier alpha value is -7.05. The van der Waals surface area contributed by atoms with Crippen molar-refractivity contribution in [3.05, 3.63) is 265 Å². The largest absolute Gasteiger partial charge is 0.467 e. The van der Waals surface area contributed by atoms with E-state index < -0.39 is 0 Å². The number of methoxy groups -OCH3 is 5. The van der Waals surface area contributed by atoms with E-state index in [1.165, 1.54) is 125 Å². The number of hydrogen-bond acceptors (Lipinski definition) is 15. The third kappa shape index (κ3) is 41.6. The van der Waals surface area contributed by atoms with E-state index in [-0.39, 0.29) is 72.5 Å². The topological polar surface area (TPSA) is 152 Å². The van der Waals surface area contributed by atoms with Gasteiger partial charge in [-0.25, -0.2) is 0 Å². The van der Waals surface area contributed by atoms with Gasteiger partial charge in [0, 0.05) is 128 Å². The predicted octanol–water partition coefficient (Wildman–Crippen LogP) is 21.0. The van der Waals surface area contributed by atoms with Gasteiger partial charge in [0.1, 0.15) is 28.7 Å². The van der Waals surface area contributed by atoms with E-state index in [1.54, 1.807) is 35.5 Å². The first-order valence-electron chi connectivity index (χ1n) is 45.6. The van der Waals surface area contributed by atoms with E-state index in [4.69, 9.17) is 47.4 Å². The van der Waals surface area contributed by atoms with Crippen LogP contribution in [0.1, 0.15) is 229 Å². The number of aryl methyl sites for hydroxylation is 8.